The third-order valence-corrected chi connectivity index (χ3v) is 3.77. The van der Waals surface area contributed by atoms with Crippen LogP contribution < -0.4 is 0 Å². The Morgan fingerprint density at radius 3 is 2.82 bits per heavy atom. The number of benzene rings is 1. The topological polar surface area (TPSA) is 17.1 Å². The first-order chi connectivity index (χ1) is 8.08. The third-order valence-electron chi connectivity index (χ3n) is 3.77. The molecule has 1 saturated carbocycles. The van der Waals surface area contributed by atoms with Crippen molar-refractivity contribution in [1.82, 2.24) is 0 Å². The maximum atomic E-state index is 13.2. The molecule has 0 aromatic heterocycles. The number of carbonyl (C=O) groups is 1. The van der Waals surface area contributed by atoms with Gasteiger partial charge in [0.05, 0.1) is 0 Å². The molecule has 0 radical (unpaired) electrons. The molecule has 0 saturated heterocycles. The second-order valence-electron chi connectivity index (χ2n) is 5.29. The van der Waals surface area contributed by atoms with E-state index in [-0.39, 0.29) is 17.5 Å². The highest BCUT2D eigenvalue weighted by molar-refractivity contribution is 5.99. The van der Waals surface area contributed by atoms with Gasteiger partial charge in [0.2, 0.25) is 0 Å². The van der Waals surface area contributed by atoms with Crippen molar-refractivity contribution in [2.24, 2.45) is 11.8 Å². The maximum absolute atomic E-state index is 13.2. The zero-order valence-electron chi connectivity index (χ0n) is 10.5. The summed E-state index contributed by atoms with van der Waals surface area (Å²) in [5, 5.41) is 0. The minimum Gasteiger partial charge on any atom is -0.294 e. The van der Waals surface area contributed by atoms with E-state index in [0.29, 0.717) is 11.5 Å². The van der Waals surface area contributed by atoms with Crippen LogP contribution >= 0.6 is 0 Å². The molecule has 2 heteroatoms. The minimum atomic E-state index is -0.317. The number of Topliss-reactive ketones (excluding diaryl/α,β-unsaturated/α-hetero) is 1. The predicted octanol–water partition coefficient (Wildman–Crippen LogP) is 4.14. The fourth-order valence-electron chi connectivity index (χ4n) is 2.75. The first-order valence-electron chi connectivity index (χ1n) is 6.38. The first-order valence-corrected chi connectivity index (χ1v) is 6.38. The molecule has 2 atom stereocenters. The van der Waals surface area contributed by atoms with E-state index in [1.165, 1.54) is 18.6 Å². The molecule has 0 heterocycles. The van der Waals surface area contributed by atoms with Crippen molar-refractivity contribution < 1.29 is 9.18 Å². The lowest BCUT2D eigenvalue weighted by atomic mass is 9.78. The minimum absolute atomic E-state index is 0.0965. The van der Waals surface area contributed by atoms with Gasteiger partial charge in [-0.05, 0) is 43.4 Å². The zero-order valence-corrected chi connectivity index (χ0v) is 10.5. The number of hydrogen-bond donors (Lipinski definition) is 0. The summed E-state index contributed by atoms with van der Waals surface area (Å²) in [6.45, 7) is 4.07. The fourth-order valence-corrected chi connectivity index (χ4v) is 2.75. The van der Waals surface area contributed by atoms with Crippen molar-refractivity contribution in [3.63, 3.8) is 0 Å². The number of rotatable bonds is 2. The Bertz CT molecular complexity index is 425. The summed E-state index contributed by atoms with van der Waals surface area (Å²) in [7, 11) is 0. The lowest BCUT2D eigenvalue weighted by molar-refractivity contribution is 0.0867. The van der Waals surface area contributed by atoms with Gasteiger partial charge in [-0.1, -0.05) is 25.8 Å². The van der Waals surface area contributed by atoms with Crippen LogP contribution in [-0.2, 0) is 0 Å². The Hall–Kier alpha value is -1.18. The van der Waals surface area contributed by atoms with Crippen molar-refractivity contribution >= 4 is 5.78 Å². The summed E-state index contributed by atoms with van der Waals surface area (Å²) in [6.07, 6.45) is 4.24. The molecule has 1 aromatic rings. The van der Waals surface area contributed by atoms with Gasteiger partial charge in [-0.25, -0.2) is 4.39 Å². The monoisotopic (exact) mass is 234 g/mol. The Morgan fingerprint density at radius 1 is 1.35 bits per heavy atom. The van der Waals surface area contributed by atoms with Gasteiger partial charge in [-0.3, -0.25) is 4.79 Å². The van der Waals surface area contributed by atoms with Crippen LogP contribution in [0.2, 0.25) is 0 Å². The third kappa shape index (κ3) is 2.74. The average molecular weight is 234 g/mol. The molecule has 0 spiro atoms. The molecule has 1 nitrogen and oxygen atoms in total. The van der Waals surface area contributed by atoms with E-state index in [1.54, 1.807) is 6.07 Å². The molecule has 1 aromatic carbocycles. The smallest absolute Gasteiger partial charge is 0.166 e. The van der Waals surface area contributed by atoms with Crippen LogP contribution in [0.5, 0.6) is 0 Å². The average Bonchev–Trinajstić information content (AvgIpc) is 2.31. The highest BCUT2D eigenvalue weighted by Gasteiger charge is 2.26. The lowest BCUT2D eigenvalue weighted by Gasteiger charge is -2.26. The molecule has 1 aliphatic carbocycles. The van der Waals surface area contributed by atoms with Crippen molar-refractivity contribution in [1.29, 1.82) is 0 Å². The van der Waals surface area contributed by atoms with Crippen molar-refractivity contribution in [2.75, 3.05) is 0 Å². The Labute approximate surface area is 102 Å². The fraction of sp³-hybridized carbons (Fsp3) is 0.533. The molecule has 2 rings (SSSR count). The van der Waals surface area contributed by atoms with Gasteiger partial charge < -0.3 is 0 Å². The van der Waals surface area contributed by atoms with Crippen molar-refractivity contribution in [2.45, 2.75) is 39.5 Å². The van der Waals surface area contributed by atoms with Crippen molar-refractivity contribution in [3.8, 4) is 0 Å². The van der Waals surface area contributed by atoms with Crippen molar-refractivity contribution in [3.05, 3.63) is 35.1 Å². The maximum Gasteiger partial charge on any atom is 0.166 e. The SMILES string of the molecule is Cc1ccc(F)cc1C(=O)C1CCCC(C)C1. The van der Waals surface area contributed by atoms with Crippen LogP contribution in [0.4, 0.5) is 4.39 Å². The van der Waals surface area contributed by atoms with E-state index < -0.39 is 0 Å². The van der Waals surface area contributed by atoms with Gasteiger partial charge in [-0.2, -0.15) is 0 Å². The summed E-state index contributed by atoms with van der Waals surface area (Å²) in [5.74, 6) is 0.530. The summed E-state index contributed by atoms with van der Waals surface area (Å²) in [6, 6.07) is 4.49. The number of hydrogen-bond acceptors (Lipinski definition) is 1. The lowest BCUT2D eigenvalue weighted by Crippen LogP contribution is -2.22. The molecule has 0 amide bonds. The number of ketones is 1. The van der Waals surface area contributed by atoms with Gasteiger partial charge in [-0.15, -0.1) is 0 Å². The molecule has 17 heavy (non-hydrogen) atoms. The Kier molecular flexibility index (Phi) is 3.60. The standard InChI is InChI=1S/C15H19FO/c1-10-4-3-5-12(8-10)15(17)14-9-13(16)7-6-11(14)2/h6-7,9-10,12H,3-5,8H2,1-2H3. The van der Waals surface area contributed by atoms with E-state index in [1.807, 2.05) is 6.92 Å². The highest BCUT2D eigenvalue weighted by Crippen LogP contribution is 2.31. The Balaban J connectivity index is 2.21. The second-order valence-corrected chi connectivity index (χ2v) is 5.29. The molecule has 0 aliphatic heterocycles. The molecule has 0 bridgehead atoms. The predicted molar refractivity (Wildman–Crippen MR) is 66.6 cm³/mol. The normalized spacial score (nSPS) is 24.6. The molecule has 2 unspecified atom stereocenters. The van der Waals surface area contributed by atoms with Gasteiger partial charge in [0.15, 0.2) is 5.78 Å². The molecule has 0 N–H and O–H groups in total. The van der Waals surface area contributed by atoms with Gasteiger partial charge in [0, 0.05) is 11.5 Å². The van der Waals surface area contributed by atoms with Crippen LogP contribution in [0.25, 0.3) is 0 Å². The second kappa shape index (κ2) is 4.99. The van der Waals surface area contributed by atoms with Gasteiger partial charge in [0.25, 0.3) is 0 Å². The summed E-state index contributed by atoms with van der Waals surface area (Å²) >= 11 is 0. The first kappa shape index (κ1) is 12.3. The van der Waals surface area contributed by atoms with Gasteiger partial charge in [0.1, 0.15) is 5.82 Å². The van der Waals surface area contributed by atoms with E-state index in [4.69, 9.17) is 0 Å². The molecule has 1 aliphatic rings. The van der Waals surface area contributed by atoms with E-state index in [0.717, 1.165) is 24.8 Å². The zero-order chi connectivity index (χ0) is 12.4. The Morgan fingerprint density at radius 2 is 2.12 bits per heavy atom. The quantitative estimate of drug-likeness (QED) is 0.703. The van der Waals surface area contributed by atoms with E-state index in [9.17, 15) is 9.18 Å². The molecular weight excluding hydrogens is 215 g/mol. The summed E-state index contributed by atoms with van der Waals surface area (Å²) < 4.78 is 13.2. The van der Waals surface area contributed by atoms with E-state index >= 15 is 0 Å². The van der Waals surface area contributed by atoms with Crippen LogP contribution in [0.15, 0.2) is 18.2 Å². The largest absolute Gasteiger partial charge is 0.294 e. The van der Waals surface area contributed by atoms with E-state index in [2.05, 4.69) is 6.92 Å². The number of aryl methyl sites for hydroxylation is 1. The summed E-state index contributed by atoms with van der Waals surface area (Å²) in [5.41, 5.74) is 1.46. The molecule has 92 valence electrons. The number of halogens is 1. The number of carbonyl (C=O) groups excluding carboxylic acids is 1. The molecule has 1 fully saturated rings. The van der Waals surface area contributed by atoms with Crippen LogP contribution in [0.3, 0.4) is 0 Å². The molecular formula is C15H19FO. The van der Waals surface area contributed by atoms with Crippen LogP contribution in [0, 0.1) is 24.6 Å². The van der Waals surface area contributed by atoms with Crippen LogP contribution in [0.1, 0.15) is 48.5 Å². The van der Waals surface area contributed by atoms with Gasteiger partial charge >= 0.3 is 0 Å². The highest BCUT2D eigenvalue weighted by atomic mass is 19.1. The van der Waals surface area contributed by atoms with Crippen LogP contribution in [-0.4, -0.2) is 5.78 Å². The summed E-state index contributed by atoms with van der Waals surface area (Å²) in [4.78, 5) is 12.4.